The fourth-order valence-corrected chi connectivity index (χ4v) is 3.56. The topological polar surface area (TPSA) is 90.1 Å². The highest BCUT2D eigenvalue weighted by molar-refractivity contribution is 5.96. The molecular weight excluding hydrogens is 400 g/mol. The number of nitrogens with two attached hydrogens (primary N) is 1. The van der Waals surface area contributed by atoms with Gasteiger partial charge in [-0.25, -0.2) is 9.97 Å². The number of anilines is 2. The molecule has 1 aromatic heterocycles. The van der Waals surface area contributed by atoms with Crippen LogP contribution in [0.5, 0.6) is 5.75 Å². The highest BCUT2D eigenvalue weighted by Crippen LogP contribution is 2.26. The zero-order chi connectivity index (χ0) is 22.3. The van der Waals surface area contributed by atoms with Crippen LogP contribution in [0.25, 0.3) is 11.1 Å². The number of rotatable bonds is 8. The third-order valence-electron chi connectivity index (χ3n) is 5.27. The highest BCUT2D eigenvalue weighted by atomic mass is 16.5. The van der Waals surface area contributed by atoms with Crippen molar-refractivity contribution >= 4 is 17.5 Å². The fourth-order valence-electron chi connectivity index (χ4n) is 3.56. The standard InChI is InChI=1S/C26H24N4O2/c1-32-21-13-10-18(11-14-21)12-15-22-23(25(27)31)8-5-9-24(22)30-26-28-16-20(17-29-26)19-6-3-2-4-7-19/h2-11,13-14,16-17H,12,15H2,1H3,(H2,27,31)(H,28,29,30). The predicted octanol–water partition coefficient (Wildman–Crippen LogP) is 4.78. The zero-order valence-corrected chi connectivity index (χ0v) is 17.8. The molecule has 6 nitrogen and oxygen atoms in total. The molecule has 3 N–H and O–H groups in total. The predicted molar refractivity (Wildman–Crippen MR) is 126 cm³/mol. The normalized spacial score (nSPS) is 10.5. The average Bonchev–Trinajstić information content (AvgIpc) is 2.84. The molecule has 0 saturated heterocycles. The molecule has 6 heteroatoms. The summed E-state index contributed by atoms with van der Waals surface area (Å²) in [6.45, 7) is 0. The van der Waals surface area contributed by atoms with Crippen LogP contribution in [0, 0.1) is 0 Å². The minimum Gasteiger partial charge on any atom is -0.497 e. The van der Waals surface area contributed by atoms with E-state index >= 15 is 0 Å². The molecule has 0 bridgehead atoms. The van der Waals surface area contributed by atoms with Gasteiger partial charge in [0, 0.05) is 29.2 Å². The maximum Gasteiger partial charge on any atom is 0.249 e. The summed E-state index contributed by atoms with van der Waals surface area (Å²) in [7, 11) is 1.64. The molecule has 0 atom stereocenters. The number of aryl methyl sites for hydroxylation is 1. The van der Waals surface area contributed by atoms with Crippen molar-refractivity contribution in [3.8, 4) is 16.9 Å². The number of benzene rings is 3. The Balaban J connectivity index is 1.56. The van der Waals surface area contributed by atoms with Gasteiger partial charge < -0.3 is 15.8 Å². The van der Waals surface area contributed by atoms with Gasteiger partial charge in [-0.15, -0.1) is 0 Å². The minimum absolute atomic E-state index is 0.456. The van der Waals surface area contributed by atoms with E-state index in [4.69, 9.17) is 10.5 Å². The van der Waals surface area contributed by atoms with Crippen LogP contribution in [-0.2, 0) is 12.8 Å². The Kier molecular flexibility index (Phi) is 6.41. The van der Waals surface area contributed by atoms with Crippen LogP contribution in [0.3, 0.4) is 0 Å². The summed E-state index contributed by atoms with van der Waals surface area (Å²) in [6, 6.07) is 23.3. The highest BCUT2D eigenvalue weighted by Gasteiger charge is 2.14. The van der Waals surface area contributed by atoms with E-state index in [2.05, 4.69) is 15.3 Å². The van der Waals surface area contributed by atoms with Crippen LogP contribution in [-0.4, -0.2) is 23.0 Å². The summed E-state index contributed by atoms with van der Waals surface area (Å²) in [4.78, 5) is 21.0. The quantitative estimate of drug-likeness (QED) is 0.425. The Morgan fingerprint density at radius 3 is 2.25 bits per heavy atom. The molecule has 0 saturated carbocycles. The summed E-state index contributed by atoms with van der Waals surface area (Å²) < 4.78 is 5.22. The average molecular weight is 425 g/mol. The van der Waals surface area contributed by atoms with Gasteiger partial charge in [0.25, 0.3) is 0 Å². The van der Waals surface area contributed by atoms with E-state index in [0.29, 0.717) is 17.9 Å². The third kappa shape index (κ3) is 4.92. The summed E-state index contributed by atoms with van der Waals surface area (Å²) >= 11 is 0. The maximum absolute atomic E-state index is 12.1. The molecule has 0 unspecified atom stereocenters. The van der Waals surface area contributed by atoms with Gasteiger partial charge in [-0.05, 0) is 53.8 Å². The molecule has 160 valence electrons. The van der Waals surface area contributed by atoms with Gasteiger partial charge in [0.15, 0.2) is 0 Å². The van der Waals surface area contributed by atoms with Crippen LogP contribution >= 0.6 is 0 Å². The Bertz CT molecular complexity index is 1190. The lowest BCUT2D eigenvalue weighted by Crippen LogP contribution is -2.15. The lowest BCUT2D eigenvalue weighted by Gasteiger charge is -2.14. The Labute approximate surface area is 187 Å². The molecule has 0 aliphatic carbocycles. The first-order chi connectivity index (χ1) is 15.6. The lowest BCUT2D eigenvalue weighted by molar-refractivity contribution is 0.0999. The third-order valence-corrected chi connectivity index (χ3v) is 5.27. The Morgan fingerprint density at radius 2 is 1.59 bits per heavy atom. The zero-order valence-electron chi connectivity index (χ0n) is 17.8. The van der Waals surface area contributed by atoms with Crippen LogP contribution in [0.15, 0.2) is 85.2 Å². The molecule has 0 fully saturated rings. The number of hydrogen-bond donors (Lipinski definition) is 2. The van der Waals surface area contributed by atoms with Gasteiger partial charge in [-0.1, -0.05) is 48.5 Å². The minimum atomic E-state index is -0.460. The number of amides is 1. The van der Waals surface area contributed by atoms with Gasteiger partial charge in [-0.3, -0.25) is 4.79 Å². The van der Waals surface area contributed by atoms with Gasteiger partial charge >= 0.3 is 0 Å². The monoisotopic (exact) mass is 424 g/mol. The molecule has 0 radical (unpaired) electrons. The molecule has 1 heterocycles. The second kappa shape index (κ2) is 9.75. The van der Waals surface area contributed by atoms with Crippen molar-refractivity contribution in [1.82, 2.24) is 9.97 Å². The molecule has 4 rings (SSSR count). The first-order valence-corrected chi connectivity index (χ1v) is 10.3. The number of hydrogen-bond acceptors (Lipinski definition) is 5. The SMILES string of the molecule is COc1ccc(CCc2c(Nc3ncc(-c4ccccc4)cn3)cccc2C(N)=O)cc1. The van der Waals surface area contributed by atoms with Crippen molar-refractivity contribution in [2.24, 2.45) is 5.73 Å². The van der Waals surface area contributed by atoms with Gasteiger partial charge in [0.05, 0.1) is 7.11 Å². The van der Waals surface area contributed by atoms with E-state index in [0.717, 1.165) is 40.1 Å². The summed E-state index contributed by atoms with van der Waals surface area (Å²) in [5.74, 6) is 0.806. The molecule has 0 aliphatic rings. The first-order valence-electron chi connectivity index (χ1n) is 10.3. The van der Waals surface area contributed by atoms with Crippen LogP contribution < -0.4 is 15.8 Å². The molecule has 32 heavy (non-hydrogen) atoms. The smallest absolute Gasteiger partial charge is 0.249 e. The second-order valence-electron chi connectivity index (χ2n) is 7.33. The lowest BCUT2D eigenvalue weighted by atomic mass is 9.97. The molecule has 0 spiro atoms. The van der Waals surface area contributed by atoms with Crippen molar-refractivity contribution in [3.63, 3.8) is 0 Å². The summed E-state index contributed by atoms with van der Waals surface area (Å²) in [5, 5.41) is 3.25. The number of nitrogens with zero attached hydrogens (tertiary/aromatic N) is 2. The van der Waals surface area contributed by atoms with Crippen molar-refractivity contribution in [2.75, 3.05) is 12.4 Å². The van der Waals surface area contributed by atoms with E-state index in [9.17, 15) is 4.79 Å². The maximum atomic E-state index is 12.1. The molecule has 4 aromatic rings. The Hall–Kier alpha value is -4.19. The number of nitrogens with one attached hydrogen (secondary N) is 1. The van der Waals surface area contributed by atoms with E-state index in [-0.39, 0.29) is 0 Å². The number of carbonyl (C=O) groups excluding carboxylic acids is 1. The molecular formula is C26H24N4O2. The summed E-state index contributed by atoms with van der Waals surface area (Å²) in [5.41, 5.74) is 10.9. The Morgan fingerprint density at radius 1 is 0.875 bits per heavy atom. The van der Waals surface area contributed by atoms with Crippen molar-refractivity contribution in [2.45, 2.75) is 12.8 Å². The van der Waals surface area contributed by atoms with Crippen LogP contribution in [0.1, 0.15) is 21.5 Å². The van der Waals surface area contributed by atoms with Crippen LogP contribution in [0.4, 0.5) is 11.6 Å². The molecule has 1 amide bonds. The molecule has 0 aliphatic heterocycles. The van der Waals surface area contributed by atoms with Crippen molar-refractivity contribution < 1.29 is 9.53 Å². The number of aromatic nitrogens is 2. The van der Waals surface area contributed by atoms with Crippen molar-refractivity contribution in [1.29, 1.82) is 0 Å². The number of primary amides is 1. The van der Waals surface area contributed by atoms with Crippen LogP contribution in [0.2, 0.25) is 0 Å². The first kappa shape index (κ1) is 21.1. The van der Waals surface area contributed by atoms with Crippen molar-refractivity contribution in [3.05, 3.63) is 102 Å². The number of methoxy groups -OCH3 is 1. The number of ether oxygens (including phenoxy) is 1. The second-order valence-corrected chi connectivity index (χ2v) is 7.33. The van der Waals surface area contributed by atoms with E-state index < -0.39 is 5.91 Å². The van der Waals surface area contributed by atoms with E-state index in [1.54, 1.807) is 31.6 Å². The molecule has 3 aromatic carbocycles. The largest absolute Gasteiger partial charge is 0.497 e. The number of carbonyl (C=O) groups is 1. The van der Waals surface area contributed by atoms with Gasteiger partial charge in [0.2, 0.25) is 11.9 Å². The summed E-state index contributed by atoms with van der Waals surface area (Å²) in [6.07, 6.45) is 4.94. The van der Waals surface area contributed by atoms with Gasteiger partial charge in [-0.2, -0.15) is 0 Å². The van der Waals surface area contributed by atoms with E-state index in [1.807, 2.05) is 60.7 Å². The van der Waals surface area contributed by atoms with E-state index in [1.165, 1.54) is 0 Å². The fraction of sp³-hybridized carbons (Fsp3) is 0.115. The van der Waals surface area contributed by atoms with Gasteiger partial charge in [0.1, 0.15) is 5.75 Å².